The molecule has 1 aliphatic rings. The number of aryl methyl sites for hydroxylation is 2. The number of hydrogen-bond donors (Lipinski definition) is 1. The van der Waals surface area contributed by atoms with E-state index in [4.69, 9.17) is 0 Å². The first-order valence-electron chi connectivity index (χ1n) is 7.01. The van der Waals surface area contributed by atoms with Gasteiger partial charge >= 0.3 is 5.97 Å². The molecular weight excluding hydrogens is 300 g/mol. The van der Waals surface area contributed by atoms with Gasteiger partial charge in [-0.25, -0.2) is 4.98 Å². The Morgan fingerprint density at radius 2 is 2.05 bits per heavy atom. The number of fused-ring (bicyclic) bond motifs is 1. The van der Waals surface area contributed by atoms with Crippen LogP contribution in [0.4, 0.5) is 0 Å². The Hall–Kier alpha value is -2.21. The van der Waals surface area contributed by atoms with E-state index < -0.39 is 11.9 Å². The normalized spacial score (nSPS) is 17.2. The maximum absolute atomic E-state index is 12.7. The van der Waals surface area contributed by atoms with Crippen molar-refractivity contribution >= 4 is 23.2 Å². The monoisotopic (exact) mass is 316 g/mol. The van der Waals surface area contributed by atoms with Crippen molar-refractivity contribution in [3.8, 4) is 0 Å². The highest BCUT2D eigenvalue weighted by atomic mass is 32.1. The number of carboxylic acid groups (broad SMARTS) is 1. The third kappa shape index (κ3) is 2.50. The van der Waals surface area contributed by atoms with Gasteiger partial charge in [0.2, 0.25) is 0 Å². The van der Waals surface area contributed by atoms with Gasteiger partial charge in [-0.2, -0.15) is 0 Å². The van der Waals surface area contributed by atoms with Gasteiger partial charge < -0.3 is 10.0 Å². The highest BCUT2D eigenvalue weighted by Gasteiger charge is 2.33. The molecule has 1 N–H and O–H groups in total. The second-order valence-electron chi connectivity index (χ2n) is 5.42. The van der Waals surface area contributed by atoms with Crippen molar-refractivity contribution in [2.24, 2.45) is 0 Å². The lowest BCUT2D eigenvalue weighted by atomic mass is 9.89. The van der Waals surface area contributed by atoms with Crippen molar-refractivity contribution < 1.29 is 14.7 Å². The maximum Gasteiger partial charge on any atom is 0.312 e. The quantitative estimate of drug-likeness (QED) is 0.924. The van der Waals surface area contributed by atoms with Crippen LogP contribution < -0.4 is 0 Å². The Morgan fingerprint density at radius 1 is 1.32 bits per heavy atom. The average Bonchev–Trinajstić information content (AvgIpc) is 2.83. The van der Waals surface area contributed by atoms with Crippen molar-refractivity contribution in [1.82, 2.24) is 9.88 Å². The van der Waals surface area contributed by atoms with E-state index in [2.05, 4.69) is 4.98 Å². The van der Waals surface area contributed by atoms with Gasteiger partial charge in [-0.15, -0.1) is 11.3 Å². The number of aliphatic carboxylic acids is 1. The van der Waals surface area contributed by atoms with Gasteiger partial charge in [0.05, 0.1) is 16.6 Å². The van der Waals surface area contributed by atoms with Crippen LogP contribution in [0.2, 0.25) is 0 Å². The molecule has 5 nitrogen and oxygen atoms in total. The van der Waals surface area contributed by atoms with Crippen LogP contribution in [-0.4, -0.2) is 33.4 Å². The summed E-state index contributed by atoms with van der Waals surface area (Å²) in [6.07, 6.45) is 0. The molecule has 6 heteroatoms. The molecule has 3 rings (SSSR count). The number of benzene rings is 1. The van der Waals surface area contributed by atoms with Crippen LogP contribution >= 0.6 is 11.3 Å². The molecule has 1 amide bonds. The van der Waals surface area contributed by atoms with E-state index in [0.717, 1.165) is 16.1 Å². The van der Waals surface area contributed by atoms with Crippen LogP contribution in [0.15, 0.2) is 24.3 Å². The van der Waals surface area contributed by atoms with Gasteiger partial charge in [0.25, 0.3) is 5.91 Å². The first kappa shape index (κ1) is 14.7. The minimum atomic E-state index is -0.901. The van der Waals surface area contributed by atoms with Crippen molar-refractivity contribution in [2.45, 2.75) is 26.3 Å². The zero-order valence-electron chi connectivity index (χ0n) is 12.4. The number of amides is 1. The number of thiazole rings is 1. The molecule has 0 saturated carbocycles. The molecule has 0 bridgehead atoms. The molecule has 2 heterocycles. The summed E-state index contributed by atoms with van der Waals surface area (Å²) >= 11 is 1.36. The fraction of sp³-hybridized carbons (Fsp3) is 0.312. The summed E-state index contributed by atoms with van der Waals surface area (Å²) in [7, 11) is 0. The molecule has 0 spiro atoms. The lowest BCUT2D eigenvalue weighted by Crippen LogP contribution is -2.40. The van der Waals surface area contributed by atoms with Crippen LogP contribution in [0.1, 0.15) is 37.4 Å². The Labute approximate surface area is 132 Å². The van der Waals surface area contributed by atoms with Gasteiger partial charge in [0.15, 0.2) is 0 Å². The zero-order valence-corrected chi connectivity index (χ0v) is 13.2. The fourth-order valence-electron chi connectivity index (χ4n) is 2.85. The van der Waals surface area contributed by atoms with E-state index in [1.807, 2.05) is 38.1 Å². The Bertz CT molecular complexity index is 754. The molecular formula is C16H16N2O3S. The largest absolute Gasteiger partial charge is 0.481 e. The van der Waals surface area contributed by atoms with Crippen LogP contribution in [0, 0.1) is 13.8 Å². The average molecular weight is 316 g/mol. The number of hydrogen-bond acceptors (Lipinski definition) is 4. The number of rotatable bonds is 2. The van der Waals surface area contributed by atoms with Gasteiger partial charge in [0, 0.05) is 13.1 Å². The molecule has 0 radical (unpaired) electrons. The SMILES string of the molecule is Cc1nc(C)c(C(=O)N2Cc3ccccc3C(C(=O)O)C2)s1. The van der Waals surface area contributed by atoms with Crippen LogP contribution in [-0.2, 0) is 11.3 Å². The second kappa shape index (κ2) is 5.53. The van der Waals surface area contributed by atoms with Gasteiger partial charge in [0.1, 0.15) is 4.88 Å². The topological polar surface area (TPSA) is 70.5 Å². The van der Waals surface area contributed by atoms with E-state index in [-0.39, 0.29) is 12.5 Å². The minimum Gasteiger partial charge on any atom is -0.481 e. The summed E-state index contributed by atoms with van der Waals surface area (Å²) in [5.41, 5.74) is 2.41. The minimum absolute atomic E-state index is 0.135. The van der Waals surface area contributed by atoms with Gasteiger partial charge in [-0.3, -0.25) is 9.59 Å². The number of carbonyl (C=O) groups is 2. The van der Waals surface area contributed by atoms with E-state index in [1.165, 1.54) is 11.3 Å². The van der Waals surface area contributed by atoms with Crippen molar-refractivity contribution in [1.29, 1.82) is 0 Å². The predicted octanol–water partition coefficient (Wildman–Crippen LogP) is 2.58. The zero-order chi connectivity index (χ0) is 15.9. The fourth-order valence-corrected chi connectivity index (χ4v) is 3.73. The first-order valence-corrected chi connectivity index (χ1v) is 7.83. The molecule has 22 heavy (non-hydrogen) atoms. The van der Waals surface area contributed by atoms with Gasteiger partial charge in [-0.05, 0) is 25.0 Å². The van der Waals surface area contributed by atoms with E-state index in [1.54, 1.807) is 4.90 Å². The summed E-state index contributed by atoms with van der Waals surface area (Å²) in [5, 5.41) is 10.3. The standard InChI is InChI=1S/C16H16N2O3S/c1-9-14(22-10(2)17-9)15(19)18-7-11-5-3-4-6-12(11)13(8-18)16(20)21/h3-6,13H,7-8H2,1-2H3,(H,20,21). The molecule has 1 aliphatic heterocycles. The van der Waals surface area contributed by atoms with Crippen LogP contribution in [0.5, 0.6) is 0 Å². The molecule has 1 unspecified atom stereocenters. The number of carboxylic acids is 1. The number of carbonyl (C=O) groups excluding carboxylic acids is 1. The summed E-state index contributed by atoms with van der Waals surface area (Å²) in [4.78, 5) is 30.8. The molecule has 1 atom stereocenters. The molecule has 1 aromatic heterocycles. The third-order valence-corrected chi connectivity index (χ3v) is 4.94. The Kier molecular flexibility index (Phi) is 3.70. The Morgan fingerprint density at radius 3 is 2.68 bits per heavy atom. The highest BCUT2D eigenvalue weighted by molar-refractivity contribution is 7.13. The Balaban J connectivity index is 1.95. The smallest absolute Gasteiger partial charge is 0.312 e. The third-order valence-electron chi connectivity index (χ3n) is 3.88. The van der Waals surface area contributed by atoms with Crippen molar-refractivity contribution in [2.75, 3.05) is 6.54 Å². The summed E-state index contributed by atoms with van der Waals surface area (Å²) in [5.74, 6) is -1.71. The molecule has 2 aromatic rings. The number of nitrogens with zero attached hydrogens (tertiary/aromatic N) is 2. The molecule has 0 fully saturated rings. The summed E-state index contributed by atoms with van der Waals surface area (Å²) in [6, 6.07) is 7.42. The molecule has 0 aliphatic carbocycles. The molecule has 0 saturated heterocycles. The molecule has 1 aromatic carbocycles. The molecule has 114 valence electrons. The second-order valence-corrected chi connectivity index (χ2v) is 6.63. The lowest BCUT2D eigenvalue weighted by molar-refractivity contribution is -0.139. The summed E-state index contributed by atoms with van der Waals surface area (Å²) in [6.45, 7) is 4.31. The summed E-state index contributed by atoms with van der Waals surface area (Å²) < 4.78 is 0. The van der Waals surface area contributed by atoms with Crippen molar-refractivity contribution in [3.05, 3.63) is 51.0 Å². The van der Waals surface area contributed by atoms with Crippen molar-refractivity contribution in [3.63, 3.8) is 0 Å². The van der Waals surface area contributed by atoms with Gasteiger partial charge in [-0.1, -0.05) is 24.3 Å². The number of aromatic nitrogens is 1. The lowest BCUT2D eigenvalue weighted by Gasteiger charge is -2.32. The van der Waals surface area contributed by atoms with Crippen LogP contribution in [0.25, 0.3) is 0 Å². The maximum atomic E-state index is 12.7. The van der Waals surface area contributed by atoms with Crippen LogP contribution in [0.3, 0.4) is 0 Å². The first-order chi connectivity index (χ1) is 10.5. The van der Waals surface area contributed by atoms with E-state index in [9.17, 15) is 14.7 Å². The highest BCUT2D eigenvalue weighted by Crippen LogP contribution is 2.30. The van der Waals surface area contributed by atoms with E-state index in [0.29, 0.717) is 17.1 Å². The predicted molar refractivity (Wildman–Crippen MR) is 83.1 cm³/mol. The van der Waals surface area contributed by atoms with E-state index >= 15 is 0 Å².